The van der Waals surface area contributed by atoms with Crippen molar-refractivity contribution in [3.8, 4) is 28.3 Å². The Morgan fingerprint density at radius 2 is 1.74 bits per heavy atom. The minimum atomic E-state index is 0.832. The lowest BCUT2D eigenvalue weighted by molar-refractivity contribution is 0.415. The first kappa shape index (κ1) is 13.5. The zero-order valence-electron chi connectivity index (χ0n) is 12.7. The largest absolute Gasteiger partial charge is 0.497 e. The van der Waals surface area contributed by atoms with Crippen LogP contribution < -0.4 is 4.74 Å². The molecule has 0 aliphatic rings. The fourth-order valence-corrected chi connectivity index (χ4v) is 2.67. The lowest BCUT2D eigenvalue weighted by Crippen LogP contribution is -1.88. The quantitative estimate of drug-likeness (QED) is 0.614. The number of hydrogen-bond donors (Lipinski definition) is 1. The van der Waals surface area contributed by atoms with Crippen molar-refractivity contribution in [1.29, 1.82) is 0 Å². The SMILES string of the molecule is COc1ccc(-c2[nH]ncc2-c2ccc3ccccc3n2)cc1. The highest BCUT2D eigenvalue weighted by Crippen LogP contribution is 2.30. The van der Waals surface area contributed by atoms with Crippen molar-refractivity contribution in [3.05, 3.63) is 66.9 Å². The van der Waals surface area contributed by atoms with Crippen LogP contribution in [0, 0.1) is 0 Å². The zero-order valence-corrected chi connectivity index (χ0v) is 12.7. The number of nitrogens with zero attached hydrogens (tertiary/aromatic N) is 2. The van der Waals surface area contributed by atoms with Gasteiger partial charge >= 0.3 is 0 Å². The second-order valence-corrected chi connectivity index (χ2v) is 5.28. The number of benzene rings is 2. The summed E-state index contributed by atoms with van der Waals surface area (Å²) in [6.07, 6.45) is 1.82. The van der Waals surface area contributed by atoms with Gasteiger partial charge in [-0.1, -0.05) is 24.3 Å². The van der Waals surface area contributed by atoms with Gasteiger partial charge in [0, 0.05) is 16.5 Å². The third kappa shape index (κ3) is 2.44. The molecule has 4 rings (SSSR count). The molecule has 1 N–H and O–H groups in total. The number of rotatable bonds is 3. The number of pyridine rings is 1. The molecule has 0 spiro atoms. The van der Waals surface area contributed by atoms with Crippen molar-refractivity contribution >= 4 is 10.9 Å². The van der Waals surface area contributed by atoms with Crippen LogP contribution in [-0.2, 0) is 0 Å². The highest BCUT2D eigenvalue weighted by molar-refractivity contribution is 5.85. The monoisotopic (exact) mass is 301 g/mol. The van der Waals surface area contributed by atoms with Gasteiger partial charge in [0.2, 0.25) is 0 Å². The van der Waals surface area contributed by atoms with Gasteiger partial charge in [0.15, 0.2) is 0 Å². The van der Waals surface area contributed by atoms with Crippen LogP contribution in [-0.4, -0.2) is 22.3 Å². The number of ether oxygens (including phenoxy) is 1. The zero-order chi connectivity index (χ0) is 15.6. The predicted molar refractivity (Wildman–Crippen MR) is 91.3 cm³/mol. The number of hydrogen-bond acceptors (Lipinski definition) is 3. The summed E-state index contributed by atoms with van der Waals surface area (Å²) in [5.41, 5.74) is 4.87. The smallest absolute Gasteiger partial charge is 0.118 e. The van der Waals surface area contributed by atoms with Gasteiger partial charge in [-0.25, -0.2) is 4.98 Å². The fraction of sp³-hybridized carbons (Fsp3) is 0.0526. The first-order chi connectivity index (χ1) is 11.3. The third-order valence-electron chi connectivity index (χ3n) is 3.89. The number of fused-ring (bicyclic) bond motifs is 1. The van der Waals surface area contributed by atoms with Crippen molar-refractivity contribution < 1.29 is 4.74 Å². The van der Waals surface area contributed by atoms with E-state index in [4.69, 9.17) is 9.72 Å². The maximum atomic E-state index is 5.21. The Balaban J connectivity index is 1.81. The average Bonchev–Trinajstić information content (AvgIpc) is 3.11. The van der Waals surface area contributed by atoms with Gasteiger partial charge in [-0.15, -0.1) is 0 Å². The fourth-order valence-electron chi connectivity index (χ4n) is 2.67. The molecule has 4 heteroatoms. The highest BCUT2D eigenvalue weighted by Gasteiger charge is 2.11. The maximum Gasteiger partial charge on any atom is 0.118 e. The van der Waals surface area contributed by atoms with Crippen LogP contribution in [0.3, 0.4) is 0 Å². The number of nitrogens with one attached hydrogen (secondary N) is 1. The first-order valence-electron chi connectivity index (χ1n) is 7.39. The Morgan fingerprint density at radius 3 is 2.57 bits per heavy atom. The average molecular weight is 301 g/mol. The molecule has 0 saturated heterocycles. The Morgan fingerprint density at radius 1 is 0.913 bits per heavy atom. The molecule has 0 amide bonds. The predicted octanol–water partition coefficient (Wildman–Crippen LogP) is 4.30. The van der Waals surface area contributed by atoms with Gasteiger partial charge in [-0.2, -0.15) is 5.10 Å². The van der Waals surface area contributed by atoms with E-state index < -0.39 is 0 Å². The lowest BCUT2D eigenvalue weighted by atomic mass is 10.0. The van der Waals surface area contributed by atoms with Crippen molar-refractivity contribution in [2.75, 3.05) is 7.11 Å². The molecule has 0 saturated carbocycles. The summed E-state index contributed by atoms with van der Waals surface area (Å²) in [5.74, 6) is 0.832. The van der Waals surface area contributed by atoms with Crippen LogP contribution in [0.25, 0.3) is 33.4 Å². The molecular weight excluding hydrogens is 286 g/mol. The molecular formula is C19H15N3O. The van der Waals surface area contributed by atoms with Crippen LogP contribution >= 0.6 is 0 Å². The third-order valence-corrected chi connectivity index (χ3v) is 3.89. The van der Waals surface area contributed by atoms with E-state index in [0.29, 0.717) is 0 Å². The highest BCUT2D eigenvalue weighted by atomic mass is 16.5. The molecule has 4 nitrogen and oxygen atoms in total. The molecule has 112 valence electrons. The summed E-state index contributed by atoms with van der Waals surface area (Å²) >= 11 is 0. The lowest BCUT2D eigenvalue weighted by Gasteiger charge is -2.06. The van der Waals surface area contributed by atoms with Crippen LogP contribution in [0.1, 0.15) is 0 Å². The molecule has 0 aliphatic carbocycles. The molecule has 0 radical (unpaired) electrons. The van der Waals surface area contributed by atoms with Gasteiger partial charge in [-0.05, 0) is 36.4 Å². The van der Waals surface area contributed by atoms with Crippen molar-refractivity contribution in [1.82, 2.24) is 15.2 Å². The molecule has 2 heterocycles. The second kappa shape index (κ2) is 5.57. The molecule has 2 aromatic carbocycles. The van der Waals surface area contributed by atoms with Gasteiger partial charge < -0.3 is 4.74 Å². The molecule has 23 heavy (non-hydrogen) atoms. The number of para-hydroxylation sites is 1. The van der Waals surface area contributed by atoms with E-state index in [9.17, 15) is 0 Å². The molecule has 0 atom stereocenters. The molecule has 0 bridgehead atoms. The molecule has 2 aromatic heterocycles. The summed E-state index contributed by atoms with van der Waals surface area (Å²) < 4.78 is 5.21. The van der Waals surface area contributed by atoms with Gasteiger partial charge in [0.1, 0.15) is 5.75 Å². The van der Waals surface area contributed by atoms with E-state index in [2.05, 4.69) is 22.3 Å². The van der Waals surface area contributed by atoms with Gasteiger partial charge in [0.05, 0.1) is 30.2 Å². The minimum absolute atomic E-state index is 0.832. The van der Waals surface area contributed by atoms with E-state index in [1.165, 1.54) is 0 Å². The summed E-state index contributed by atoms with van der Waals surface area (Å²) in [7, 11) is 1.66. The van der Waals surface area contributed by atoms with Gasteiger partial charge in [0.25, 0.3) is 0 Å². The summed E-state index contributed by atoms with van der Waals surface area (Å²) in [4.78, 5) is 4.75. The standard InChI is InChI=1S/C19H15N3O/c1-23-15-9-6-14(7-10-15)19-16(12-20-22-19)18-11-8-13-4-2-3-5-17(13)21-18/h2-12H,1H3,(H,20,22). The molecule has 0 fully saturated rings. The van der Waals surface area contributed by atoms with E-state index in [1.54, 1.807) is 7.11 Å². The maximum absolute atomic E-state index is 5.21. The number of aromatic nitrogens is 3. The van der Waals surface area contributed by atoms with Gasteiger partial charge in [-0.3, -0.25) is 5.10 Å². The minimum Gasteiger partial charge on any atom is -0.497 e. The van der Waals surface area contributed by atoms with Crippen LogP contribution in [0.5, 0.6) is 5.75 Å². The Bertz CT molecular complexity index is 958. The number of H-pyrrole nitrogens is 1. The van der Waals surface area contributed by atoms with Crippen molar-refractivity contribution in [2.45, 2.75) is 0 Å². The first-order valence-corrected chi connectivity index (χ1v) is 7.39. The normalized spacial score (nSPS) is 10.8. The Hall–Kier alpha value is -3.14. The number of methoxy groups -OCH3 is 1. The van der Waals surface area contributed by atoms with E-state index in [-0.39, 0.29) is 0 Å². The van der Waals surface area contributed by atoms with Crippen molar-refractivity contribution in [2.24, 2.45) is 0 Å². The van der Waals surface area contributed by atoms with Crippen LogP contribution in [0.15, 0.2) is 66.9 Å². The Labute approximate surface area is 133 Å². The summed E-state index contributed by atoms with van der Waals surface area (Å²) in [6, 6.07) is 20.1. The van der Waals surface area contributed by atoms with E-state index >= 15 is 0 Å². The van der Waals surface area contributed by atoms with Crippen molar-refractivity contribution in [3.63, 3.8) is 0 Å². The molecule has 0 unspecified atom stereocenters. The second-order valence-electron chi connectivity index (χ2n) is 5.28. The molecule has 4 aromatic rings. The summed E-state index contributed by atoms with van der Waals surface area (Å²) in [5, 5.41) is 8.41. The summed E-state index contributed by atoms with van der Waals surface area (Å²) in [6.45, 7) is 0. The van der Waals surface area contributed by atoms with Crippen LogP contribution in [0.4, 0.5) is 0 Å². The van der Waals surface area contributed by atoms with Crippen LogP contribution in [0.2, 0.25) is 0 Å². The number of aromatic amines is 1. The molecule has 0 aliphatic heterocycles. The van der Waals surface area contributed by atoms with E-state index in [0.717, 1.165) is 39.2 Å². The van der Waals surface area contributed by atoms with E-state index in [1.807, 2.05) is 54.7 Å². The topological polar surface area (TPSA) is 50.8 Å². The Kier molecular flexibility index (Phi) is 3.27.